The summed E-state index contributed by atoms with van der Waals surface area (Å²) < 4.78 is 5.01. The first-order valence-electron chi connectivity index (χ1n) is 5.99. The van der Waals surface area contributed by atoms with Crippen LogP contribution in [0.2, 0.25) is 0 Å². The third-order valence-corrected chi connectivity index (χ3v) is 2.84. The summed E-state index contributed by atoms with van der Waals surface area (Å²) >= 11 is 0. The molecular formula is C16H14O4. The number of methoxy groups -OCH3 is 1. The highest BCUT2D eigenvalue weighted by atomic mass is 16.5. The monoisotopic (exact) mass is 270 g/mol. The highest BCUT2D eigenvalue weighted by Crippen LogP contribution is 2.27. The topological polar surface area (TPSA) is 66.8 Å². The lowest BCUT2D eigenvalue weighted by atomic mass is 10.1. The molecule has 0 saturated heterocycles. The van der Waals surface area contributed by atoms with Crippen molar-refractivity contribution < 1.29 is 19.7 Å². The second-order valence-corrected chi connectivity index (χ2v) is 4.14. The van der Waals surface area contributed by atoms with Crippen molar-refractivity contribution in [3.8, 4) is 17.2 Å². The number of hydrogen-bond donors (Lipinski definition) is 2. The molecule has 0 spiro atoms. The van der Waals surface area contributed by atoms with Crippen LogP contribution in [0.3, 0.4) is 0 Å². The van der Waals surface area contributed by atoms with E-state index in [0.29, 0.717) is 11.3 Å². The van der Waals surface area contributed by atoms with Gasteiger partial charge in [-0.1, -0.05) is 6.07 Å². The van der Waals surface area contributed by atoms with Crippen LogP contribution in [-0.4, -0.2) is 23.1 Å². The SMILES string of the molecule is COc1ccc(C(=O)/C=C/c2c(O)cccc2O)cc1. The molecule has 0 saturated carbocycles. The molecule has 4 nitrogen and oxygen atoms in total. The summed E-state index contributed by atoms with van der Waals surface area (Å²) in [5.41, 5.74) is 0.714. The molecule has 2 aromatic carbocycles. The minimum Gasteiger partial charge on any atom is -0.507 e. The second-order valence-electron chi connectivity index (χ2n) is 4.14. The predicted molar refractivity (Wildman–Crippen MR) is 76.1 cm³/mol. The maximum atomic E-state index is 11.9. The summed E-state index contributed by atoms with van der Waals surface area (Å²) in [5.74, 6) is 0.284. The van der Waals surface area contributed by atoms with Gasteiger partial charge in [0.15, 0.2) is 5.78 Å². The fourth-order valence-corrected chi connectivity index (χ4v) is 1.72. The lowest BCUT2D eigenvalue weighted by molar-refractivity contribution is 0.104. The number of carbonyl (C=O) groups excluding carboxylic acids is 1. The molecule has 0 heterocycles. The number of ketones is 1. The molecule has 0 unspecified atom stereocenters. The normalized spacial score (nSPS) is 10.7. The molecule has 2 aromatic rings. The van der Waals surface area contributed by atoms with Crippen LogP contribution in [0.4, 0.5) is 0 Å². The van der Waals surface area contributed by atoms with Gasteiger partial charge in [-0.3, -0.25) is 4.79 Å². The Morgan fingerprint density at radius 1 is 1.05 bits per heavy atom. The molecular weight excluding hydrogens is 256 g/mol. The first-order chi connectivity index (χ1) is 9.61. The minimum atomic E-state index is -0.227. The maximum absolute atomic E-state index is 11.9. The number of rotatable bonds is 4. The molecule has 0 amide bonds. The Morgan fingerprint density at radius 2 is 1.65 bits per heavy atom. The molecule has 0 bridgehead atoms. The van der Waals surface area contributed by atoms with Gasteiger partial charge in [-0.15, -0.1) is 0 Å². The Balaban J connectivity index is 2.20. The van der Waals surface area contributed by atoms with Gasteiger partial charge in [0.1, 0.15) is 17.2 Å². The number of carbonyl (C=O) groups is 1. The van der Waals surface area contributed by atoms with E-state index >= 15 is 0 Å². The molecule has 0 atom stereocenters. The molecule has 0 radical (unpaired) electrons. The molecule has 0 aliphatic heterocycles. The van der Waals surface area contributed by atoms with E-state index in [0.717, 1.165) is 0 Å². The number of phenolic OH excluding ortho intramolecular Hbond substituents is 2. The van der Waals surface area contributed by atoms with Crippen molar-refractivity contribution in [1.82, 2.24) is 0 Å². The smallest absolute Gasteiger partial charge is 0.185 e. The lowest BCUT2D eigenvalue weighted by Gasteiger charge is -2.02. The van der Waals surface area contributed by atoms with Crippen LogP contribution in [0.15, 0.2) is 48.5 Å². The van der Waals surface area contributed by atoms with Crippen molar-refractivity contribution in [3.05, 3.63) is 59.7 Å². The van der Waals surface area contributed by atoms with E-state index in [4.69, 9.17) is 4.74 Å². The van der Waals surface area contributed by atoms with Crippen molar-refractivity contribution in [3.63, 3.8) is 0 Å². The average Bonchev–Trinajstić information content (AvgIpc) is 2.46. The number of aromatic hydroxyl groups is 2. The van der Waals surface area contributed by atoms with E-state index in [9.17, 15) is 15.0 Å². The van der Waals surface area contributed by atoms with Crippen LogP contribution in [-0.2, 0) is 0 Å². The van der Waals surface area contributed by atoms with Crippen LogP contribution < -0.4 is 4.74 Å². The van der Waals surface area contributed by atoms with Gasteiger partial charge in [-0.25, -0.2) is 0 Å². The fraction of sp³-hybridized carbons (Fsp3) is 0.0625. The zero-order chi connectivity index (χ0) is 14.5. The number of allylic oxidation sites excluding steroid dienone is 1. The lowest BCUT2D eigenvalue weighted by Crippen LogP contribution is -1.94. The minimum absolute atomic E-state index is 0.0798. The number of ether oxygens (including phenoxy) is 1. The summed E-state index contributed by atoms with van der Waals surface area (Å²) in [4.78, 5) is 11.9. The number of benzene rings is 2. The average molecular weight is 270 g/mol. The Hall–Kier alpha value is -2.75. The van der Waals surface area contributed by atoms with Crippen molar-refractivity contribution in [2.75, 3.05) is 7.11 Å². The van der Waals surface area contributed by atoms with Gasteiger partial charge in [0.25, 0.3) is 0 Å². The van der Waals surface area contributed by atoms with Gasteiger partial charge in [-0.2, -0.15) is 0 Å². The highest BCUT2D eigenvalue weighted by Gasteiger charge is 2.05. The van der Waals surface area contributed by atoms with Crippen LogP contribution in [0.5, 0.6) is 17.2 Å². The van der Waals surface area contributed by atoms with Crippen LogP contribution >= 0.6 is 0 Å². The summed E-state index contributed by atoms with van der Waals surface area (Å²) in [6.07, 6.45) is 2.69. The maximum Gasteiger partial charge on any atom is 0.185 e. The van der Waals surface area contributed by atoms with Crippen molar-refractivity contribution in [2.24, 2.45) is 0 Å². The van der Waals surface area contributed by atoms with Crippen molar-refractivity contribution in [1.29, 1.82) is 0 Å². The molecule has 0 fully saturated rings. The van der Waals surface area contributed by atoms with Gasteiger partial charge in [0, 0.05) is 5.56 Å². The quantitative estimate of drug-likeness (QED) is 0.662. The third kappa shape index (κ3) is 2.98. The molecule has 4 heteroatoms. The molecule has 0 aromatic heterocycles. The van der Waals surface area contributed by atoms with Crippen molar-refractivity contribution in [2.45, 2.75) is 0 Å². The summed E-state index contributed by atoms with van der Waals surface area (Å²) in [7, 11) is 1.55. The molecule has 20 heavy (non-hydrogen) atoms. The summed E-state index contributed by atoms with van der Waals surface area (Å²) in [6.45, 7) is 0. The first kappa shape index (κ1) is 13.7. The van der Waals surface area contributed by atoms with Crippen LogP contribution in [0.25, 0.3) is 6.08 Å². The molecule has 102 valence electrons. The first-order valence-corrected chi connectivity index (χ1v) is 5.99. The molecule has 2 N–H and O–H groups in total. The van der Waals surface area contributed by atoms with E-state index in [1.165, 1.54) is 30.4 Å². The van der Waals surface area contributed by atoms with E-state index in [1.807, 2.05) is 0 Å². The van der Waals surface area contributed by atoms with Crippen molar-refractivity contribution >= 4 is 11.9 Å². The second kappa shape index (κ2) is 5.93. The number of hydrogen-bond acceptors (Lipinski definition) is 4. The highest BCUT2D eigenvalue weighted by molar-refractivity contribution is 6.07. The molecule has 0 aliphatic rings. The van der Waals surface area contributed by atoms with Gasteiger partial charge in [0.2, 0.25) is 0 Å². The Bertz CT molecular complexity index is 622. The van der Waals surface area contributed by atoms with E-state index < -0.39 is 0 Å². The molecule has 2 rings (SSSR count). The standard InChI is InChI=1S/C16H14O4/c1-20-12-7-5-11(6-8-12)14(17)10-9-13-15(18)3-2-4-16(13)19/h2-10,18-19H,1H3/b10-9+. The Labute approximate surface area is 116 Å². The van der Waals surface area contributed by atoms with Crippen LogP contribution in [0, 0.1) is 0 Å². The van der Waals surface area contributed by atoms with Crippen LogP contribution in [0.1, 0.15) is 15.9 Å². The zero-order valence-corrected chi connectivity index (χ0v) is 10.9. The van der Waals surface area contributed by atoms with Gasteiger partial charge in [0.05, 0.1) is 12.7 Å². The van der Waals surface area contributed by atoms with Gasteiger partial charge in [-0.05, 0) is 48.6 Å². The van der Waals surface area contributed by atoms with E-state index in [-0.39, 0.29) is 22.8 Å². The molecule has 0 aliphatic carbocycles. The van der Waals surface area contributed by atoms with Gasteiger partial charge < -0.3 is 14.9 Å². The fourth-order valence-electron chi connectivity index (χ4n) is 1.72. The van der Waals surface area contributed by atoms with E-state index in [2.05, 4.69) is 0 Å². The Kier molecular flexibility index (Phi) is 4.05. The third-order valence-electron chi connectivity index (χ3n) is 2.84. The Morgan fingerprint density at radius 3 is 2.20 bits per heavy atom. The zero-order valence-electron chi connectivity index (χ0n) is 10.9. The summed E-state index contributed by atoms with van der Waals surface area (Å²) in [6, 6.07) is 11.1. The number of phenols is 2. The summed E-state index contributed by atoms with van der Waals surface area (Å²) in [5, 5.41) is 19.2. The van der Waals surface area contributed by atoms with E-state index in [1.54, 1.807) is 31.4 Å². The predicted octanol–water partition coefficient (Wildman–Crippen LogP) is 3.00. The van der Waals surface area contributed by atoms with Gasteiger partial charge >= 0.3 is 0 Å². The largest absolute Gasteiger partial charge is 0.507 e.